The van der Waals surface area contributed by atoms with Crippen molar-refractivity contribution in [2.45, 2.75) is 64.3 Å². The van der Waals surface area contributed by atoms with Gasteiger partial charge in [0.05, 0.1) is 11.3 Å². The lowest BCUT2D eigenvalue weighted by Gasteiger charge is -2.38. The maximum absolute atomic E-state index is 6.25. The summed E-state index contributed by atoms with van der Waals surface area (Å²) < 4.78 is 6.25. The summed E-state index contributed by atoms with van der Waals surface area (Å²) in [6.45, 7) is 13.0. The fourth-order valence-electron chi connectivity index (χ4n) is 4.40. The van der Waals surface area contributed by atoms with Gasteiger partial charge in [-0.05, 0) is 52.7 Å². The van der Waals surface area contributed by atoms with Crippen molar-refractivity contribution in [2.24, 2.45) is 0 Å². The van der Waals surface area contributed by atoms with Gasteiger partial charge in [0.1, 0.15) is 11.4 Å². The number of nitrogens with zero attached hydrogens (tertiary/aromatic N) is 2. The van der Waals surface area contributed by atoms with Crippen LogP contribution < -0.4 is 10.2 Å². The molecule has 0 aliphatic carbocycles. The van der Waals surface area contributed by atoms with Gasteiger partial charge in [-0.2, -0.15) is 0 Å². The van der Waals surface area contributed by atoms with E-state index < -0.39 is 0 Å². The van der Waals surface area contributed by atoms with E-state index in [0.29, 0.717) is 12.1 Å². The first kappa shape index (κ1) is 13.5. The first-order chi connectivity index (χ1) is 9.79. The second kappa shape index (κ2) is 3.99. The van der Waals surface area contributed by atoms with Gasteiger partial charge in [0.25, 0.3) is 0 Å². The molecule has 114 valence electrons. The zero-order valence-electron chi connectivity index (χ0n) is 13.7. The van der Waals surface area contributed by atoms with E-state index in [1.165, 1.54) is 16.9 Å². The van der Waals surface area contributed by atoms with E-state index in [9.17, 15) is 0 Å². The average Bonchev–Trinajstić information content (AvgIpc) is 2.82. The molecule has 4 rings (SSSR count). The maximum atomic E-state index is 6.25. The number of nitrogens with one attached hydrogen (secondary N) is 1. The number of aromatic nitrogens is 1. The van der Waals surface area contributed by atoms with Crippen molar-refractivity contribution in [1.82, 2.24) is 10.3 Å². The summed E-state index contributed by atoms with van der Waals surface area (Å²) in [4.78, 5) is 7.61. The number of hydrogen-bond acceptors (Lipinski definition) is 4. The van der Waals surface area contributed by atoms with Crippen LogP contribution in [0.1, 0.15) is 51.4 Å². The second-order valence-corrected chi connectivity index (χ2v) is 7.76. The van der Waals surface area contributed by atoms with Crippen molar-refractivity contribution in [2.75, 3.05) is 18.0 Å². The minimum Gasteiger partial charge on any atom is -0.359 e. The monoisotopic (exact) mass is 287 g/mol. The minimum absolute atomic E-state index is 0.242. The Kier molecular flexibility index (Phi) is 2.57. The summed E-state index contributed by atoms with van der Waals surface area (Å²) in [5.74, 6) is 1.20. The standard InChI is InChI=1S/C17H25N3O/c1-10-8-18-9-12-6-11-7-13-14(19-15(11)20(10)12)17(4,5)21-16(13,2)3/h7,10,12,18H,6,8-9H2,1-5H3/t10-,12-/m1/s1. The summed E-state index contributed by atoms with van der Waals surface area (Å²) in [6, 6.07) is 3.43. The van der Waals surface area contributed by atoms with Crippen LogP contribution in [0.4, 0.5) is 5.82 Å². The van der Waals surface area contributed by atoms with Gasteiger partial charge in [-0.25, -0.2) is 4.98 Å². The lowest BCUT2D eigenvalue weighted by Crippen LogP contribution is -2.55. The van der Waals surface area contributed by atoms with Crippen molar-refractivity contribution in [1.29, 1.82) is 0 Å². The van der Waals surface area contributed by atoms with Crippen molar-refractivity contribution in [3.63, 3.8) is 0 Å². The van der Waals surface area contributed by atoms with Crippen LogP contribution in [-0.2, 0) is 22.4 Å². The molecule has 3 aliphatic heterocycles. The van der Waals surface area contributed by atoms with Crippen LogP contribution in [0.2, 0.25) is 0 Å². The summed E-state index contributed by atoms with van der Waals surface area (Å²) in [5.41, 5.74) is 3.24. The number of ether oxygens (including phenoxy) is 1. The number of rotatable bonds is 0. The van der Waals surface area contributed by atoms with E-state index in [4.69, 9.17) is 9.72 Å². The summed E-state index contributed by atoms with van der Waals surface area (Å²) in [7, 11) is 0. The molecule has 1 aromatic rings. The van der Waals surface area contributed by atoms with Crippen LogP contribution in [0.25, 0.3) is 0 Å². The van der Waals surface area contributed by atoms with E-state index in [2.05, 4.69) is 50.9 Å². The lowest BCUT2D eigenvalue weighted by molar-refractivity contribution is -0.106. The van der Waals surface area contributed by atoms with Crippen LogP contribution in [0.15, 0.2) is 6.07 Å². The Morgan fingerprint density at radius 1 is 1.24 bits per heavy atom. The van der Waals surface area contributed by atoms with Gasteiger partial charge in [0.2, 0.25) is 0 Å². The lowest BCUT2D eigenvalue weighted by atomic mass is 9.93. The van der Waals surface area contributed by atoms with Gasteiger partial charge in [0.15, 0.2) is 0 Å². The van der Waals surface area contributed by atoms with Crippen molar-refractivity contribution in [3.05, 3.63) is 22.9 Å². The molecule has 0 radical (unpaired) electrons. The number of hydrogen-bond donors (Lipinski definition) is 1. The van der Waals surface area contributed by atoms with Gasteiger partial charge in [0, 0.05) is 30.7 Å². The van der Waals surface area contributed by atoms with Gasteiger partial charge in [-0.1, -0.05) is 0 Å². The maximum Gasteiger partial charge on any atom is 0.132 e. The number of pyridine rings is 1. The Bertz CT molecular complexity index is 608. The Morgan fingerprint density at radius 3 is 2.76 bits per heavy atom. The molecular formula is C17H25N3O. The highest BCUT2D eigenvalue weighted by Crippen LogP contribution is 2.48. The Labute approximate surface area is 126 Å². The Morgan fingerprint density at radius 2 is 2.00 bits per heavy atom. The van der Waals surface area contributed by atoms with Crippen LogP contribution >= 0.6 is 0 Å². The third-order valence-electron chi connectivity index (χ3n) is 5.20. The first-order valence-electron chi connectivity index (χ1n) is 8.04. The van der Waals surface area contributed by atoms with Gasteiger partial charge in [-0.15, -0.1) is 0 Å². The number of anilines is 1. The van der Waals surface area contributed by atoms with Crippen molar-refractivity contribution >= 4 is 5.82 Å². The fraction of sp³-hybridized carbons (Fsp3) is 0.706. The highest BCUT2D eigenvalue weighted by atomic mass is 16.5. The van der Waals surface area contributed by atoms with Crippen LogP contribution in [-0.4, -0.2) is 30.2 Å². The summed E-state index contributed by atoms with van der Waals surface area (Å²) >= 11 is 0. The van der Waals surface area contributed by atoms with E-state index in [0.717, 1.165) is 25.2 Å². The van der Waals surface area contributed by atoms with Crippen molar-refractivity contribution < 1.29 is 4.74 Å². The summed E-state index contributed by atoms with van der Waals surface area (Å²) in [5, 5.41) is 3.54. The van der Waals surface area contributed by atoms with Crippen LogP contribution in [0.5, 0.6) is 0 Å². The molecule has 4 heterocycles. The zero-order chi connectivity index (χ0) is 15.0. The molecule has 4 nitrogen and oxygen atoms in total. The van der Waals surface area contributed by atoms with Crippen LogP contribution in [0, 0.1) is 0 Å². The van der Waals surface area contributed by atoms with Crippen LogP contribution in [0.3, 0.4) is 0 Å². The van der Waals surface area contributed by atoms with Gasteiger partial charge >= 0.3 is 0 Å². The SMILES string of the molecule is C[C@@H]1CNC[C@H]2Cc3cc4c(nc3N21)C(C)(C)OC4(C)C. The molecule has 1 N–H and O–H groups in total. The molecule has 0 spiro atoms. The fourth-order valence-corrected chi connectivity index (χ4v) is 4.40. The molecule has 1 fully saturated rings. The molecule has 0 amide bonds. The molecular weight excluding hydrogens is 262 g/mol. The van der Waals surface area contributed by atoms with E-state index >= 15 is 0 Å². The number of fused-ring (bicyclic) bond motifs is 4. The molecule has 3 aliphatic rings. The molecule has 0 unspecified atom stereocenters. The van der Waals surface area contributed by atoms with Crippen molar-refractivity contribution in [3.8, 4) is 0 Å². The molecule has 0 bridgehead atoms. The second-order valence-electron chi connectivity index (χ2n) is 7.76. The average molecular weight is 287 g/mol. The quantitative estimate of drug-likeness (QED) is 0.794. The normalized spacial score (nSPS) is 31.8. The van der Waals surface area contributed by atoms with E-state index in [1.54, 1.807) is 0 Å². The molecule has 0 aromatic carbocycles. The van der Waals surface area contributed by atoms with E-state index in [-0.39, 0.29) is 11.2 Å². The smallest absolute Gasteiger partial charge is 0.132 e. The third kappa shape index (κ3) is 1.78. The molecule has 1 saturated heterocycles. The molecule has 2 atom stereocenters. The molecule has 21 heavy (non-hydrogen) atoms. The molecule has 4 heteroatoms. The minimum atomic E-state index is -0.302. The molecule has 0 saturated carbocycles. The zero-order valence-corrected chi connectivity index (χ0v) is 13.7. The topological polar surface area (TPSA) is 37.4 Å². The Hall–Kier alpha value is -1.13. The highest BCUT2D eigenvalue weighted by molar-refractivity contribution is 5.59. The largest absolute Gasteiger partial charge is 0.359 e. The first-order valence-corrected chi connectivity index (χ1v) is 8.04. The predicted molar refractivity (Wildman–Crippen MR) is 83.7 cm³/mol. The van der Waals surface area contributed by atoms with Gasteiger partial charge in [-0.3, -0.25) is 0 Å². The Balaban J connectivity index is 1.87. The molecule has 1 aromatic heterocycles. The highest BCUT2D eigenvalue weighted by Gasteiger charge is 2.47. The van der Waals surface area contributed by atoms with Gasteiger partial charge < -0.3 is 15.0 Å². The predicted octanol–water partition coefficient (Wildman–Crippen LogP) is 2.30. The van der Waals surface area contributed by atoms with E-state index in [1.807, 2.05) is 0 Å². The summed E-state index contributed by atoms with van der Waals surface area (Å²) in [6.07, 6.45) is 1.10. The third-order valence-corrected chi connectivity index (χ3v) is 5.20. The number of piperazine rings is 1.